The number of thioether (sulfide) groups is 1. The summed E-state index contributed by atoms with van der Waals surface area (Å²) in [6, 6.07) is 0.516. The summed E-state index contributed by atoms with van der Waals surface area (Å²) in [6.07, 6.45) is 6.00. The van der Waals surface area contributed by atoms with Crippen molar-refractivity contribution in [2.24, 2.45) is 23.7 Å². The van der Waals surface area contributed by atoms with Crippen molar-refractivity contribution in [2.75, 3.05) is 0 Å². The number of nitrogens with zero attached hydrogens (tertiary/aromatic N) is 1. The molecule has 0 aromatic rings. The molecular weight excluding hydrogens is 374 g/mol. The summed E-state index contributed by atoms with van der Waals surface area (Å²) < 4.78 is 0. The molecule has 3 rings (SSSR count). The molecule has 0 spiro atoms. The van der Waals surface area contributed by atoms with Gasteiger partial charge in [-0.25, -0.2) is 0 Å². The number of hydrogen-bond acceptors (Lipinski definition) is 1. The van der Waals surface area contributed by atoms with E-state index in [2.05, 4.69) is 52.6 Å². The van der Waals surface area contributed by atoms with Crippen molar-refractivity contribution in [3.8, 4) is 0 Å². The summed E-state index contributed by atoms with van der Waals surface area (Å²) in [4.78, 5) is 5.28. The first-order valence-electron chi connectivity index (χ1n) is 9.20. The van der Waals surface area contributed by atoms with Crippen LogP contribution in [0.15, 0.2) is 0 Å². The van der Waals surface area contributed by atoms with Crippen LogP contribution in [0.1, 0.15) is 53.4 Å². The first kappa shape index (κ1) is 28.5. The van der Waals surface area contributed by atoms with Gasteiger partial charge in [0, 0.05) is 10.5 Å². The molecule has 3 aliphatic rings. The second-order valence-electron chi connectivity index (χ2n) is 8.79. The van der Waals surface area contributed by atoms with E-state index in [-0.39, 0.29) is 44.0 Å². The van der Waals surface area contributed by atoms with E-state index in [1.165, 1.54) is 25.7 Å². The molecular formula is C21H43NSSiTi. The van der Waals surface area contributed by atoms with Crippen LogP contribution in [0, 0.1) is 46.0 Å². The Labute approximate surface area is 180 Å². The Morgan fingerprint density at radius 3 is 2.08 bits per heavy atom. The summed E-state index contributed by atoms with van der Waals surface area (Å²) >= 11 is 2.41. The molecule has 1 saturated heterocycles. The Balaban J connectivity index is 0. The van der Waals surface area contributed by atoms with Gasteiger partial charge in [-0.1, -0.05) is 61.9 Å². The summed E-state index contributed by atoms with van der Waals surface area (Å²) in [7, 11) is -1.48. The molecule has 7 unspecified atom stereocenters. The summed E-state index contributed by atoms with van der Waals surface area (Å²) in [6.45, 7) is 14.8. The molecule has 1 heterocycles. The first-order valence-corrected chi connectivity index (χ1v) is 13.2. The maximum absolute atomic E-state index is 5.28. The minimum Gasteiger partial charge on any atom is -0.662 e. The van der Waals surface area contributed by atoms with E-state index in [0.717, 1.165) is 39.7 Å². The second kappa shape index (κ2) is 10.7. The average Bonchev–Trinajstić information content (AvgIpc) is 2.84. The van der Waals surface area contributed by atoms with Crippen LogP contribution in [0.3, 0.4) is 0 Å². The summed E-state index contributed by atoms with van der Waals surface area (Å²) in [5.41, 5.74) is 0.912. The molecule has 0 N–H and O–H groups in total. The SMILES string of the molecule is CC(C)[N-][Si](C)(C)C1C(C)C(C)C2C3CCCCC3SC21.[CH3-].[CH3-].[CH3-].[Ti+4]. The van der Waals surface area contributed by atoms with Gasteiger partial charge in [0.2, 0.25) is 0 Å². The predicted molar refractivity (Wildman–Crippen MR) is 118 cm³/mol. The van der Waals surface area contributed by atoms with Gasteiger partial charge >= 0.3 is 21.7 Å². The van der Waals surface area contributed by atoms with Gasteiger partial charge in [0.25, 0.3) is 0 Å². The molecule has 0 aromatic carbocycles. The quantitative estimate of drug-likeness (QED) is 0.348. The van der Waals surface area contributed by atoms with Gasteiger partial charge in [-0.2, -0.15) is 11.8 Å². The molecule has 1 nitrogen and oxygen atoms in total. The van der Waals surface area contributed by atoms with Crippen molar-refractivity contribution in [3.05, 3.63) is 27.3 Å². The third-order valence-electron chi connectivity index (χ3n) is 6.72. The van der Waals surface area contributed by atoms with Gasteiger partial charge in [0.1, 0.15) is 0 Å². The molecule has 2 saturated carbocycles. The third-order valence-corrected chi connectivity index (χ3v) is 12.5. The van der Waals surface area contributed by atoms with Gasteiger partial charge in [0.15, 0.2) is 0 Å². The van der Waals surface area contributed by atoms with Crippen molar-refractivity contribution in [2.45, 2.75) is 88.6 Å². The van der Waals surface area contributed by atoms with E-state index in [0.29, 0.717) is 6.04 Å². The minimum absolute atomic E-state index is 0. The van der Waals surface area contributed by atoms with Gasteiger partial charge in [-0.05, 0) is 42.1 Å². The molecule has 2 aliphatic carbocycles. The molecule has 4 heteroatoms. The molecule has 3 fully saturated rings. The number of fused-ring (bicyclic) bond motifs is 3. The fourth-order valence-electron chi connectivity index (χ4n) is 6.06. The zero-order valence-corrected chi connectivity index (χ0v) is 21.7. The van der Waals surface area contributed by atoms with Crippen LogP contribution in [0.25, 0.3) is 4.98 Å². The fourth-order valence-corrected chi connectivity index (χ4v) is 13.7. The van der Waals surface area contributed by atoms with Crippen LogP contribution < -0.4 is 0 Å². The topological polar surface area (TPSA) is 14.1 Å². The molecule has 146 valence electrons. The van der Waals surface area contributed by atoms with E-state index in [4.69, 9.17) is 4.98 Å². The van der Waals surface area contributed by atoms with E-state index in [9.17, 15) is 0 Å². The van der Waals surface area contributed by atoms with Crippen LogP contribution in [-0.4, -0.2) is 24.8 Å². The second-order valence-corrected chi connectivity index (χ2v) is 14.4. The van der Waals surface area contributed by atoms with Crippen molar-refractivity contribution < 1.29 is 21.7 Å². The van der Waals surface area contributed by atoms with Crippen LogP contribution in [0.5, 0.6) is 0 Å². The van der Waals surface area contributed by atoms with E-state index < -0.39 is 8.24 Å². The van der Waals surface area contributed by atoms with E-state index >= 15 is 0 Å². The Bertz CT molecular complexity index is 390. The standard InChI is InChI=1S/C18H34NSSi.3CH3.Ti/c1-11(2)19-21(5,6)18-13(4)12(3)16-14-9-7-8-10-15(14)20-17(16)18;;;;/h11-18H,7-10H2,1-6H3;3*1H3;/q4*-1;+4. The molecule has 1 aliphatic heterocycles. The molecule has 0 aromatic heterocycles. The Hall–Kier alpha value is 1.24. The molecule has 0 radical (unpaired) electrons. The van der Waals surface area contributed by atoms with Gasteiger partial charge in [-0.15, -0.1) is 6.04 Å². The first-order chi connectivity index (χ1) is 9.83. The molecule has 7 atom stereocenters. The average molecular weight is 418 g/mol. The van der Waals surface area contributed by atoms with Crippen molar-refractivity contribution in [3.63, 3.8) is 0 Å². The molecule has 0 bridgehead atoms. The molecule has 25 heavy (non-hydrogen) atoms. The van der Waals surface area contributed by atoms with Crippen LogP contribution >= 0.6 is 11.8 Å². The molecule has 0 amide bonds. The van der Waals surface area contributed by atoms with Crippen molar-refractivity contribution >= 4 is 20.0 Å². The monoisotopic (exact) mass is 417 g/mol. The van der Waals surface area contributed by atoms with E-state index in [1.54, 1.807) is 0 Å². The minimum atomic E-state index is -1.48. The maximum Gasteiger partial charge on any atom is 4.00 e. The number of hydrogen-bond donors (Lipinski definition) is 0. The zero-order chi connectivity index (χ0) is 15.4. The number of rotatable bonds is 3. The zero-order valence-electron chi connectivity index (χ0n) is 18.3. The largest absolute Gasteiger partial charge is 4.00 e. The Morgan fingerprint density at radius 2 is 1.52 bits per heavy atom. The maximum atomic E-state index is 5.28. The summed E-state index contributed by atoms with van der Waals surface area (Å²) in [5, 5.41) is 1.93. The van der Waals surface area contributed by atoms with Crippen molar-refractivity contribution in [1.29, 1.82) is 0 Å². The normalized spacial score (nSPS) is 39.2. The van der Waals surface area contributed by atoms with Gasteiger partial charge in [0.05, 0.1) is 0 Å². The van der Waals surface area contributed by atoms with Crippen LogP contribution in [-0.2, 0) is 21.7 Å². The smallest absolute Gasteiger partial charge is 0.662 e. The van der Waals surface area contributed by atoms with E-state index in [1.807, 2.05) is 0 Å². The van der Waals surface area contributed by atoms with Crippen LogP contribution in [0.2, 0.25) is 18.6 Å². The third kappa shape index (κ3) is 5.19. The van der Waals surface area contributed by atoms with Crippen LogP contribution in [0.4, 0.5) is 0 Å². The van der Waals surface area contributed by atoms with Gasteiger partial charge in [-0.3, -0.25) is 0 Å². The predicted octanol–water partition coefficient (Wildman–Crippen LogP) is 7.27. The van der Waals surface area contributed by atoms with Gasteiger partial charge < -0.3 is 27.3 Å². The van der Waals surface area contributed by atoms with Crippen molar-refractivity contribution in [1.82, 2.24) is 0 Å². The Kier molecular flexibility index (Phi) is 12.2. The summed E-state index contributed by atoms with van der Waals surface area (Å²) in [5.74, 6) is 3.86. The fraction of sp³-hybridized carbons (Fsp3) is 0.857. The Morgan fingerprint density at radius 1 is 0.960 bits per heavy atom.